The summed E-state index contributed by atoms with van der Waals surface area (Å²) >= 11 is 0. The number of benzene rings is 1. The summed E-state index contributed by atoms with van der Waals surface area (Å²) in [5.41, 5.74) is 3.63. The van der Waals surface area contributed by atoms with E-state index in [9.17, 15) is 0 Å². The highest BCUT2D eigenvalue weighted by molar-refractivity contribution is 5.46. The lowest BCUT2D eigenvalue weighted by Gasteiger charge is -2.08. The smallest absolute Gasteiger partial charge is 0.140 e. The molecule has 4 nitrogen and oxygen atoms in total. The fraction of sp³-hybridized carbons (Fsp3) is 0.200. The summed E-state index contributed by atoms with van der Waals surface area (Å²) in [7, 11) is 1.68. The van der Waals surface area contributed by atoms with Crippen molar-refractivity contribution in [1.29, 1.82) is 5.26 Å². The Morgan fingerprint density at radius 1 is 1.26 bits per heavy atom. The standard InChI is InChI=1S/C15H15N3O/c1-19-11-13-3-2-4-14(8-13)18-10-12-5-6-17-15(7-12)9-16/h2-8,18H,10-11H2,1H3. The van der Waals surface area contributed by atoms with Crippen LogP contribution in [0.15, 0.2) is 42.6 Å². The van der Waals surface area contributed by atoms with E-state index in [4.69, 9.17) is 10.00 Å². The van der Waals surface area contributed by atoms with Gasteiger partial charge in [-0.05, 0) is 35.4 Å². The molecule has 96 valence electrons. The third kappa shape index (κ3) is 3.80. The Bertz CT molecular complexity index is 590. The molecule has 19 heavy (non-hydrogen) atoms. The molecule has 0 fully saturated rings. The minimum absolute atomic E-state index is 0.437. The third-order valence-electron chi connectivity index (χ3n) is 2.67. The van der Waals surface area contributed by atoms with Crippen LogP contribution in [0, 0.1) is 11.3 Å². The predicted molar refractivity (Wildman–Crippen MR) is 73.4 cm³/mol. The maximum absolute atomic E-state index is 8.80. The van der Waals surface area contributed by atoms with Gasteiger partial charge in [-0.2, -0.15) is 5.26 Å². The summed E-state index contributed by atoms with van der Waals surface area (Å²) in [5, 5.41) is 12.1. The lowest BCUT2D eigenvalue weighted by molar-refractivity contribution is 0.185. The van der Waals surface area contributed by atoms with Gasteiger partial charge < -0.3 is 10.1 Å². The predicted octanol–water partition coefficient (Wildman–Crippen LogP) is 2.71. The Morgan fingerprint density at radius 2 is 2.16 bits per heavy atom. The van der Waals surface area contributed by atoms with Gasteiger partial charge in [0.15, 0.2) is 0 Å². The van der Waals surface area contributed by atoms with Gasteiger partial charge in [0.25, 0.3) is 0 Å². The van der Waals surface area contributed by atoms with Crippen LogP contribution in [-0.4, -0.2) is 12.1 Å². The number of hydrogen-bond donors (Lipinski definition) is 1. The first-order chi connectivity index (χ1) is 9.31. The van der Waals surface area contributed by atoms with Gasteiger partial charge in [-0.3, -0.25) is 0 Å². The van der Waals surface area contributed by atoms with Crippen molar-refractivity contribution in [3.63, 3.8) is 0 Å². The number of aromatic nitrogens is 1. The monoisotopic (exact) mass is 253 g/mol. The number of pyridine rings is 1. The van der Waals surface area contributed by atoms with Crippen LogP contribution in [0.25, 0.3) is 0 Å². The molecule has 0 atom stereocenters. The number of ether oxygens (including phenoxy) is 1. The second-order valence-electron chi connectivity index (χ2n) is 4.15. The van der Waals surface area contributed by atoms with Crippen molar-refractivity contribution < 1.29 is 4.74 Å². The first kappa shape index (κ1) is 13.1. The Labute approximate surface area is 112 Å². The molecule has 0 aliphatic heterocycles. The molecule has 2 aromatic rings. The van der Waals surface area contributed by atoms with Crippen LogP contribution in [0.4, 0.5) is 5.69 Å². The van der Waals surface area contributed by atoms with Gasteiger partial charge in [-0.25, -0.2) is 4.98 Å². The van der Waals surface area contributed by atoms with Crippen molar-refractivity contribution >= 4 is 5.69 Å². The molecule has 2 rings (SSSR count). The molecule has 1 N–H and O–H groups in total. The lowest BCUT2D eigenvalue weighted by atomic mass is 10.2. The van der Waals surface area contributed by atoms with Crippen LogP contribution in [-0.2, 0) is 17.9 Å². The number of hydrogen-bond acceptors (Lipinski definition) is 4. The molecule has 0 saturated carbocycles. The highest BCUT2D eigenvalue weighted by Crippen LogP contribution is 2.13. The second kappa shape index (κ2) is 6.53. The quantitative estimate of drug-likeness (QED) is 0.890. The van der Waals surface area contributed by atoms with E-state index < -0.39 is 0 Å². The molecule has 4 heteroatoms. The molecule has 0 saturated heterocycles. The summed E-state index contributed by atoms with van der Waals surface area (Å²) in [6, 6.07) is 13.8. The van der Waals surface area contributed by atoms with Crippen molar-refractivity contribution in [2.75, 3.05) is 12.4 Å². The fourth-order valence-electron chi connectivity index (χ4n) is 1.79. The van der Waals surface area contributed by atoms with Crippen LogP contribution >= 0.6 is 0 Å². The van der Waals surface area contributed by atoms with Crippen molar-refractivity contribution in [3.8, 4) is 6.07 Å². The van der Waals surface area contributed by atoms with Crippen LogP contribution in [0.3, 0.4) is 0 Å². The SMILES string of the molecule is COCc1cccc(NCc2ccnc(C#N)c2)c1. The van der Waals surface area contributed by atoms with Gasteiger partial charge in [0, 0.05) is 25.5 Å². The fourth-order valence-corrected chi connectivity index (χ4v) is 1.79. The zero-order chi connectivity index (χ0) is 13.5. The maximum Gasteiger partial charge on any atom is 0.140 e. The van der Waals surface area contributed by atoms with Crippen molar-refractivity contribution in [2.24, 2.45) is 0 Å². The van der Waals surface area contributed by atoms with E-state index in [1.165, 1.54) is 0 Å². The van der Waals surface area contributed by atoms with Gasteiger partial charge in [-0.15, -0.1) is 0 Å². The molecule has 0 unspecified atom stereocenters. The van der Waals surface area contributed by atoms with Crippen LogP contribution in [0.5, 0.6) is 0 Å². The summed E-state index contributed by atoms with van der Waals surface area (Å²) in [4.78, 5) is 3.95. The normalized spacial score (nSPS) is 9.89. The Morgan fingerprint density at radius 3 is 2.95 bits per heavy atom. The average molecular weight is 253 g/mol. The van der Waals surface area contributed by atoms with E-state index in [0.717, 1.165) is 16.8 Å². The van der Waals surface area contributed by atoms with Crippen LogP contribution in [0.1, 0.15) is 16.8 Å². The number of nitriles is 1. The lowest BCUT2D eigenvalue weighted by Crippen LogP contribution is -2.01. The van der Waals surface area contributed by atoms with Crippen molar-refractivity contribution in [3.05, 3.63) is 59.4 Å². The van der Waals surface area contributed by atoms with Gasteiger partial charge in [-0.1, -0.05) is 12.1 Å². The van der Waals surface area contributed by atoms with Crippen molar-refractivity contribution in [2.45, 2.75) is 13.2 Å². The molecule has 0 aliphatic rings. The first-order valence-electron chi connectivity index (χ1n) is 5.98. The first-order valence-corrected chi connectivity index (χ1v) is 5.98. The molecule has 1 heterocycles. The number of anilines is 1. The zero-order valence-corrected chi connectivity index (χ0v) is 10.8. The Balaban J connectivity index is 2.01. The molecule has 0 spiro atoms. The molecule has 1 aromatic heterocycles. The Hall–Kier alpha value is -2.38. The highest BCUT2D eigenvalue weighted by Gasteiger charge is 1.98. The van der Waals surface area contributed by atoms with Gasteiger partial charge >= 0.3 is 0 Å². The summed E-state index contributed by atoms with van der Waals surface area (Å²) < 4.78 is 5.10. The topological polar surface area (TPSA) is 57.9 Å². The average Bonchev–Trinajstić information content (AvgIpc) is 2.46. The summed E-state index contributed by atoms with van der Waals surface area (Å²) in [5.74, 6) is 0. The van der Waals surface area contributed by atoms with Crippen LogP contribution in [0.2, 0.25) is 0 Å². The molecular formula is C15H15N3O. The van der Waals surface area contributed by atoms with E-state index >= 15 is 0 Å². The number of nitrogens with one attached hydrogen (secondary N) is 1. The minimum atomic E-state index is 0.437. The number of rotatable bonds is 5. The van der Waals surface area contributed by atoms with E-state index in [1.807, 2.05) is 30.3 Å². The summed E-state index contributed by atoms with van der Waals surface area (Å²) in [6.45, 7) is 1.26. The minimum Gasteiger partial charge on any atom is -0.381 e. The van der Waals surface area contributed by atoms with Gasteiger partial charge in [0.05, 0.1) is 6.61 Å². The molecule has 0 radical (unpaired) electrons. The van der Waals surface area contributed by atoms with E-state index in [1.54, 1.807) is 19.4 Å². The molecular weight excluding hydrogens is 238 g/mol. The summed E-state index contributed by atoms with van der Waals surface area (Å²) in [6.07, 6.45) is 1.65. The number of methoxy groups -OCH3 is 1. The Kier molecular flexibility index (Phi) is 4.49. The van der Waals surface area contributed by atoms with Crippen LogP contribution < -0.4 is 5.32 Å². The second-order valence-corrected chi connectivity index (χ2v) is 4.15. The highest BCUT2D eigenvalue weighted by atomic mass is 16.5. The largest absolute Gasteiger partial charge is 0.381 e. The maximum atomic E-state index is 8.80. The molecule has 0 bridgehead atoms. The van der Waals surface area contributed by atoms with E-state index in [2.05, 4.69) is 16.4 Å². The van der Waals surface area contributed by atoms with Gasteiger partial charge in [0.1, 0.15) is 11.8 Å². The van der Waals surface area contributed by atoms with Gasteiger partial charge in [0.2, 0.25) is 0 Å². The molecule has 0 aliphatic carbocycles. The number of nitrogens with zero attached hydrogens (tertiary/aromatic N) is 2. The zero-order valence-electron chi connectivity index (χ0n) is 10.8. The molecule has 1 aromatic carbocycles. The van der Waals surface area contributed by atoms with E-state index in [0.29, 0.717) is 18.8 Å². The third-order valence-corrected chi connectivity index (χ3v) is 2.67. The van der Waals surface area contributed by atoms with E-state index in [-0.39, 0.29) is 0 Å². The molecule has 0 amide bonds. The van der Waals surface area contributed by atoms with Crippen molar-refractivity contribution in [1.82, 2.24) is 4.98 Å².